The van der Waals surface area contributed by atoms with E-state index in [9.17, 15) is 0 Å². The lowest BCUT2D eigenvalue weighted by Crippen LogP contribution is -2.46. The van der Waals surface area contributed by atoms with Crippen molar-refractivity contribution in [1.82, 2.24) is 9.88 Å². The predicted molar refractivity (Wildman–Crippen MR) is 126 cm³/mol. The van der Waals surface area contributed by atoms with Gasteiger partial charge >= 0.3 is 0 Å². The SMILES string of the molecule is CCOc1ccc(N2CCN(CCCc3ncc(Cc4ccccc4)s3)CC2)cc1. The zero-order valence-corrected chi connectivity index (χ0v) is 18.6. The summed E-state index contributed by atoms with van der Waals surface area (Å²) in [5.74, 6) is 0.953. The van der Waals surface area contributed by atoms with Crippen LogP contribution in [0.3, 0.4) is 0 Å². The standard InChI is InChI=1S/C25H31N3OS/c1-2-29-23-12-10-22(11-13-23)28-17-15-27(16-18-28)14-6-9-25-26-20-24(30-25)19-21-7-4-3-5-8-21/h3-5,7-8,10-13,20H,2,6,9,14-19H2,1H3. The third kappa shape index (κ3) is 5.83. The number of hydrogen-bond donors (Lipinski definition) is 0. The molecule has 0 saturated carbocycles. The van der Waals surface area contributed by atoms with Gasteiger partial charge in [-0.15, -0.1) is 11.3 Å². The first-order valence-electron chi connectivity index (χ1n) is 11.0. The number of aryl methyl sites for hydroxylation is 1. The Hall–Kier alpha value is -2.37. The second kappa shape index (κ2) is 10.6. The number of piperazine rings is 1. The van der Waals surface area contributed by atoms with Gasteiger partial charge in [-0.2, -0.15) is 0 Å². The van der Waals surface area contributed by atoms with Crippen LogP contribution in [0.15, 0.2) is 60.8 Å². The van der Waals surface area contributed by atoms with Crippen LogP contribution in [0.1, 0.15) is 28.8 Å². The molecule has 1 aliphatic rings. The summed E-state index contributed by atoms with van der Waals surface area (Å²) in [7, 11) is 0. The number of anilines is 1. The largest absolute Gasteiger partial charge is 0.494 e. The molecule has 5 heteroatoms. The third-order valence-corrected chi connectivity index (χ3v) is 6.63. The molecule has 30 heavy (non-hydrogen) atoms. The fourth-order valence-electron chi connectivity index (χ4n) is 3.95. The lowest BCUT2D eigenvalue weighted by molar-refractivity contribution is 0.255. The maximum absolute atomic E-state index is 5.55. The summed E-state index contributed by atoms with van der Waals surface area (Å²) in [6, 6.07) is 19.2. The Morgan fingerprint density at radius 3 is 2.47 bits per heavy atom. The molecule has 158 valence electrons. The molecule has 4 nitrogen and oxygen atoms in total. The highest BCUT2D eigenvalue weighted by atomic mass is 32.1. The highest BCUT2D eigenvalue weighted by molar-refractivity contribution is 7.11. The van der Waals surface area contributed by atoms with Crippen molar-refractivity contribution in [2.75, 3.05) is 44.2 Å². The summed E-state index contributed by atoms with van der Waals surface area (Å²) in [5.41, 5.74) is 2.66. The molecule has 0 radical (unpaired) electrons. The molecule has 1 aromatic heterocycles. The number of nitrogens with zero attached hydrogens (tertiary/aromatic N) is 3. The number of benzene rings is 2. The van der Waals surface area contributed by atoms with Crippen molar-refractivity contribution in [1.29, 1.82) is 0 Å². The van der Waals surface area contributed by atoms with Crippen LogP contribution in [-0.4, -0.2) is 49.2 Å². The summed E-state index contributed by atoms with van der Waals surface area (Å²) in [6.45, 7) is 8.33. The Morgan fingerprint density at radius 1 is 0.967 bits per heavy atom. The van der Waals surface area contributed by atoms with Gasteiger partial charge in [0.2, 0.25) is 0 Å². The lowest BCUT2D eigenvalue weighted by atomic mass is 10.1. The monoisotopic (exact) mass is 421 g/mol. The zero-order valence-electron chi connectivity index (χ0n) is 17.8. The first kappa shape index (κ1) is 20.9. The third-order valence-electron chi connectivity index (χ3n) is 5.57. The van der Waals surface area contributed by atoms with E-state index >= 15 is 0 Å². The maximum Gasteiger partial charge on any atom is 0.119 e. The van der Waals surface area contributed by atoms with Gasteiger partial charge < -0.3 is 9.64 Å². The highest BCUT2D eigenvalue weighted by Gasteiger charge is 2.17. The van der Waals surface area contributed by atoms with Crippen LogP contribution < -0.4 is 9.64 Å². The average Bonchev–Trinajstić information content (AvgIpc) is 3.23. The number of rotatable bonds is 9. The van der Waals surface area contributed by atoms with Crippen molar-refractivity contribution < 1.29 is 4.74 Å². The van der Waals surface area contributed by atoms with Crippen LogP contribution in [-0.2, 0) is 12.8 Å². The van der Waals surface area contributed by atoms with Crippen LogP contribution in [0, 0.1) is 0 Å². The molecule has 1 fully saturated rings. The average molecular weight is 422 g/mol. The van der Waals surface area contributed by atoms with Gasteiger partial charge in [0.25, 0.3) is 0 Å². The Bertz CT molecular complexity index is 886. The molecule has 0 bridgehead atoms. The van der Waals surface area contributed by atoms with E-state index in [-0.39, 0.29) is 0 Å². The minimum absolute atomic E-state index is 0.716. The second-order valence-corrected chi connectivity index (χ2v) is 8.94. The first-order valence-corrected chi connectivity index (χ1v) is 11.8. The molecule has 3 aromatic rings. The molecule has 0 N–H and O–H groups in total. The predicted octanol–water partition coefficient (Wildman–Crippen LogP) is 4.89. The van der Waals surface area contributed by atoms with Crippen molar-refractivity contribution >= 4 is 17.0 Å². The van der Waals surface area contributed by atoms with Crippen LogP contribution in [0.5, 0.6) is 5.75 Å². The molecular formula is C25H31N3OS. The molecule has 2 heterocycles. The Labute approximate surface area is 184 Å². The Morgan fingerprint density at radius 2 is 1.73 bits per heavy atom. The van der Waals surface area contributed by atoms with Gasteiger partial charge in [0.05, 0.1) is 11.6 Å². The maximum atomic E-state index is 5.55. The Kier molecular flexibility index (Phi) is 7.38. The van der Waals surface area contributed by atoms with E-state index in [1.165, 1.54) is 27.6 Å². The molecule has 0 atom stereocenters. The van der Waals surface area contributed by atoms with Crippen molar-refractivity contribution in [3.63, 3.8) is 0 Å². The molecule has 0 aliphatic carbocycles. The first-order chi connectivity index (χ1) is 14.8. The van der Waals surface area contributed by atoms with E-state index in [2.05, 4.69) is 75.6 Å². The smallest absolute Gasteiger partial charge is 0.119 e. The van der Waals surface area contributed by atoms with Crippen molar-refractivity contribution in [3.8, 4) is 5.75 Å². The second-order valence-electron chi connectivity index (χ2n) is 7.74. The van der Waals surface area contributed by atoms with Gasteiger partial charge in [-0.05, 0) is 49.7 Å². The van der Waals surface area contributed by atoms with Crippen LogP contribution >= 0.6 is 11.3 Å². The summed E-state index contributed by atoms with van der Waals surface area (Å²) < 4.78 is 5.55. The summed E-state index contributed by atoms with van der Waals surface area (Å²) in [6.07, 6.45) is 5.31. The van der Waals surface area contributed by atoms with Gasteiger partial charge in [0.15, 0.2) is 0 Å². The molecule has 0 unspecified atom stereocenters. The van der Waals surface area contributed by atoms with E-state index in [0.717, 1.165) is 51.3 Å². The van der Waals surface area contributed by atoms with Crippen molar-refractivity contribution in [2.45, 2.75) is 26.2 Å². The Balaban J connectivity index is 1.17. The highest BCUT2D eigenvalue weighted by Crippen LogP contribution is 2.22. The van der Waals surface area contributed by atoms with Crippen LogP contribution in [0.4, 0.5) is 5.69 Å². The summed E-state index contributed by atoms with van der Waals surface area (Å²) in [4.78, 5) is 11.1. The van der Waals surface area contributed by atoms with E-state index in [4.69, 9.17) is 4.74 Å². The van der Waals surface area contributed by atoms with E-state index < -0.39 is 0 Å². The fraction of sp³-hybridized carbons (Fsp3) is 0.400. The zero-order chi connectivity index (χ0) is 20.6. The molecular weight excluding hydrogens is 390 g/mol. The van der Waals surface area contributed by atoms with Gasteiger partial charge in [0.1, 0.15) is 5.75 Å². The number of aromatic nitrogens is 1. The van der Waals surface area contributed by atoms with Crippen molar-refractivity contribution in [3.05, 3.63) is 76.2 Å². The topological polar surface area (TPSA) is 28.6 Å². The molecule has 1 saturated heterocycles. The van der Waals surface area contributed by atoms with Gasteiger partial charge in [-0.1, -0.05) is 30.3 Å². The molecule has 2 aromatic carbocycles. The van der Waals surface area contributed by atoms with E-state index in [1.54, 1.807) is 0 Å². The number of thiazole rings is 1. The van der Waals surface area contributed by atoms with Crippen LogP contribution in [0.2, 0.25) is 0 Å². The van der Waals surface area contributed by atoms with E-state index in [1.807, 2.05) is 18.3 Å². The quantitative estimate of drug-likeness (QED) is 0.492. The molecule has 1 aliphatic heterocycles. The van der Waals surface area contributed by atoms with Gasteiger partial charge in [-0.3, -0.25) is 4.90 Å². The minimum atomic E-state index is 0.716. The molecule has 0 amide bonds. The molecule has 4 rings (SSSR count). The fourth-order valence-corrected chi connectivity index (χ4v) is 4.94. The van der Waals surface area contributed by atoms with Gasteiger partial charge in [0, 0.05) is 55.8 Å². The van der Waals surface area contributed by atoms with E-state index in [0.29, 0.717) is 6.61 Å². The summed E-state index contributed by atoms with van der Waals surface area (Å²) >= 11 is 1.87. The lowest BCUT2D eigenvalue weighted by Gasteiger charge is -2.36. The van der Waals surface area contributed by atoms with Gasteiger partial charge in [-0.25, -0.2) is 4.98 Å². The normalized spacial score (nSPS) is 14.8. The summed E-state index contributed by atoms with van der Waals surface area (Å²) in [5, 5.41) is 1.27. The van der Waals surface area contributed by atoms with Crippen LogP contribution in [0.25, 0.3) is 0 Å². The number of hydrogen-bond acceptors (Lipinski definition) is 5. The number of ether oxygens (including phenoxy) is 1. The minimum Gasteiger partial charge on any atom is -0.494 e. The van der Waals surface area contributed by atoms with Crippen molar-refractivity contribution in [2.24, 2.45) is 0 Å². The molecule has 0 spiro atoms.